The van der Waals surface area contributed by atoms with Crippen LogP contribution < -0.4 is 10.6 Å². The molecule has 0 saturated carbocycles. The number of ether oxygens (including phenoxy) is 1. The molecule has 0 unspecified atom stereocenters. The lowest BCUT2D eigenvalue weighted by molar-refractivity contribution is -0.137. The molecule has 10 heteroatoms. The van der Waals surface area contributed by atoms with Crippen LogP contribution in [-0.4, -0.2) is 39.7 Å². The highest BCUT2D eigenvalue weighted by molar-refractivity contribution is 7.91. The number of hydrogen-bond acceptors (Lipinski definition) is 6. The summed E-state index contributed by atoms with van der Waals surface area (Å²) in [5, 5.41) is 0. The van der Waals surface area contributed by atoms with E-state index < -0.39 is 21.6 Å². The second-order valence-corrected chi connectivity index (χ2v) is 9.23. The number of pyridine rings is 1. The van der Waals surface area contributed by atoms with Gasteiger partial charge in [0.15, 0.2) is 0 Å². The van der Waals surface area contributed by atoms with Gasteiger partial charge in [-0.05, 0) is 42.0 Å². The summed E-state index contributed by atoms with van der Waals surface area (Å²) in [6.45, 7) is 1.84. The van der Waals surface area contributed by atoms with Crippen LogP contribution in [0, 0.1) is 0 Å². The Kier molecular flexibility index (Phi) is 5.83. The first-order chi connectivity index (χ1) is 15.2. The number of nitrogen functional groups attached to an aromatic ring is 1. The topological polar surface area (TPSA) is 85.5 Å². The molecule has 0 atom stereocenters. The van der Waals surface area contributed by atoms with Gasteiger partial charge >= 0.3 is 6.18 Å². The van der Waals surface area contributed by atoms with Crippen molar-refractivity contribution in [3.8, 4) is 11.1 Å². The number of anilines is 2. The number of rotatable bonds is 4. The van der Waals surface area contributed by atoms with E-state index >= 15 is 0 Å². The molecule has 1 aliphatic rings. The zero-order valence-electron chi connectivity index (χ0n) is 16.8. The third-order valence-electron chi connectivity index (χ3n) is 5.17. The van der Waals surface area contributed by atoms with Gasteiger partial charge in [-0.1, -0.05) is 18.2 Å². The van der Waals surface area contributed by atoms with Crippen LogP contribution in [0.4, 0.5) is 24.7 Å². The van der Waals surface area contributed by atoms with Crippen LogP contribution in [0.3, 0.4) is 0 Å². The molecule has 0 bridgehead atoms. The third-order valence-corrected chi connectivity index (χ3v) is 6.92. The van der Waals surface area contributed by atoms with Gasteiger partial charge in [-0.25, -0.2) is 13.4 Å². The molecule has 3 aromatic rings. The summed E-state index contributed by atoms with van der Waals surface area (Å²) in [5.41, 5.74) is 4.85. The number of hydrogen-bond donors (Lipinski definition) is 1. The van der Waals surface area contributed by atoms with E-state index in [-0.39, 0.29) is 26.7 Å². The van der Waals surface area contributed by atoms with Crippen molar-refractivity contribution in [1.29, 1.82) is 0 Å². The largest absolute Gasteiger partial charge is 0.417 e. The lowest BCUT2D eigenvalue weighted by Crippen LogP contribution is -2.36. The van der Waals surface area contributed by atoms with Crippen molar-refractivity contribution in [3.05, 3.63) is 66.4 Å². The number of aromatic nitrogens is 1. The molecule has 0 amide bonds. The van der Waals surface area contributed by atoms with E-state index in [4.69, 9.17) is 10.5 Å². The summed E-state index contributed by atoms with van der Waals surface area (Å²) in [4.78, 5) is 5.65. The first-order valence-corrected chi connectivity index (χ1v) is 11.3. The second-order valence-electron chi connectivity index (χ2n) is 7.28. The molecule has 2 aromatic carbocycles. The predicted molar refractivity (Wildman–Crippen MR) is 114 cm³/mol. The number of nitrogens with zero attached hydrogens (tertiary/aromatic N) is 2. The van der Waals surface area contributed by atoms with Crippen molar-refractivity contribution in [2.75, 3.05) is 36.9 Å². The minimum absolute atomic E-state index is 0.0524. The van der Waals surface area contributed by atoms with E-state index in [9.17, 15) is 21.6 Å². The molecule has 0 spiro atoms. The van der Waals surface area contributed by atoms with Gasteiger partial charge in [-0.15, -0.1) is 0 Å². The maximum absolute atomic E-state index is 13.7. The van der Waals surface area contributed by atoms with Crippen molar-refractivity contribution >= 4 is 21.3 Å². The van der Waals surface area contributed by atoms with Crippen LogP contribution in [-0.2, 0) is 20.8 Å². The van der Waals surface area contributed by atoms with Gasteiger partial charge in [0.05, 0.1) is 28.6 Å². The average Bonchev–Trinajstić information content (AvgIpc) is 2.79. The number of sulfone groups is 1. The van der Waals surface area contributed by atoms with Crippen molar-refractivity contribution in [1.82, 2.24) is 4.98 Å². The summed E-state index contributed by atoms with van der Waals surface area (Å²) in [6, 6.07) is 12.8. The molecular formula is C22H20F3N3O3S. The van der Waals surface area contributed by atoms with Crippen molar-refractivity contribution < 1.29 is 26.3 Å². The van der Waals surface area contributed by atoms with Gasteiger partial charge in [-0.3, -0.25) is 0 Å². The van der Waals surface area contributed by atoms with Crippen LogP contribution in [0.1, 0.15) is 5.56 Å². The molecule has 6 nitrogen and oxygen atoms in total. The number of nitrogens with two attached hydrogens (primary N) is 1. The highest BCUT2D eigenvalue weighted by atomic mass is 32.2. The number of benzene rings is 2. The van der Waals surface area contributed by atoms with Crippen LogP contribution in [0.2, 0.25) is 0 Å². The summed E-state index contributed by atoms with van der Waals surface area (Å²) in [6.07, 6.45) is -3.67. The summed E-state index contributed by atoms with van der Waals surface area (Å²) in [5.74, 6) is -0.275. The smallest absolute Gasteiger partial charge is 0.384 e. The zero-order chi connectivity index (χ0) is 22.9. The minimum atomic E-state index is -4.69. The van der Waals surface area contributed by atoms with Crippen molar-refractivity contribution in [3.63, 3.8) is 0 Å². The third kappa shape index (κ3) is 4.42. The number of alkyl halides is 3. The molecule has 1 aromatic heterocycles. The maximum Gasteiger partial charge on any atom is 0.417 e. The minimum Gasteiger partial charge on any atom is -0.384 e. The van der Waals surface area contributed by atoms with Crippen LogP contribution >= 0.6 is 0 Å². The summed E-state index contributed by atoms with van der Waals surface area (Å²) < 4.78 is 73.1. The zero-order valence-corrected chi connectivity index (χ0v) is 17.7. The Morgan fingerprint density at radius 3 is 2.31 bits per heavy atom. The van der Waals surface area contributed by atoms with Crippen molar-refractivity contribution in [2.24, 2.45) is 0 Å². The fourth-order valence-electron chi connectivity index (χ4n) is 3.57. The Hall–Kier alpha value is -3.11. The molecule has 0 radical (unpaired) electrons. The molecule has 1 saturated heterocycles. The lowest BCUT2D eigenvalue weighted by atomic mass is 10.0. The van der Waals surface area contributed by atoms with E-state index in [2.05, 4.69) is 4.98 Å². The number of halogens is 3. The van der Waals surface area contributed by atoms with E-state index in [0.29, 0.717) is 32.0 Å². The first kappa shape index (κ1) is 22.1. The molecule has 1 fully saturated rings. The highest BCUT2D eigenvalue weighted by Gasteiger charge is 2.35. The average molecular weight is 463 g/mol. The molecule has 2 heterocycles. The monoisotopic (exact) mass is 463 g/mol. The Morgan fingerprint density at radius 1 is 0.969 bits per heavy atom. The van der Waals surface area contributed by atoms with Crippen LogP contribution in [0.5, 0.6) is 0 Å². The van der Waals surface area contributed by atoms with Gasteiger partial charge in [0.2, 0.25) is 9.84 Å². The maximum atomic E-state index is 13.7. The fourth-order valence-corrected chi connectivity index (χ4v) is 4.92. The predicted octanol–water partition coefficient (Wildman–Crippen LogP) is 4.02. The molecule has 0 aliphatic carbocycles. The Morgan fingerprint density at radius 2 is 1.66 bits per heavy atom. The quantitative estimate of drug-likeness (QED) is 0.629. The standard InChI is InChI=1S/C22H20F3N3O3S/c23-22(24,25)20-13-21(26)27-14-19(20)15-10-16(28-6-8-31-9-7-28)12-18(11-15)32(29,30)17-4-2-1-3-5-17/h1-5,10-14H,6-9H2,(H2,26,27). The van der Waals surface area contributed by atoms with Gasteiger partial charge < -0.3 is 15.4 Å². The highest BCUT2D eigenvalue weighted by Crippen LogP contribution is 2.40. The SMILES string of the molecule is Nc1cc(C(F)(F)F)c(-c2cc(N3CCOCC3)cc(S(=O)(=O)c3ccccc3)c2)cn1. The van der Waals surface area contributed by atoms with Crippen molar-refractivity contribution in [2.45, 2.75) is 16.0 Å². The molecule has 4 rings (SSSR count). The van der Waals surface area contributed by atoms with E-state index in [1.54, 1.807) is 18.2 Å². The summed E-state index contributed by atoms with van der Waals surface area (Å²) >= 11 is 0. The molecule has 2 N–H and O–H groups in total. The van der Waals surface area contributed by atoms with Gasteiger partial charge in [-0.2, -0.15) is 13.2 Å². The van der Waals surface area contributed by atoms with Gasteiger partial charge in [0.25, 0.3) is 0 Å². The van der Waals surface area contributed by atoms with E-state index in [1.807, 2.05) is 4.90 Å². The number of morpholine rings is 1. The molecule has 32 heavy (non-hydrogen) atoms. The second kappa shape index (κ2) is 8.44. The lowest BCUT2D eigenvalue weighted by Gasteiger charge is -2.29. The summed E-state index contributed by atoms with van der Waals surface area (Å²) in [7, 11) is -3.97. The Balaban J connectivity index is 1.94. The fraction of sp³-hybridized carbons (Fsp3) is 0.227. The van der Waals surface area contributed by atoms with Gasteiger partial charge in [0, 0.05) is 30.5 Å². The molecular weight excluding hydrogens is 443 g/mol. The van der Waals surface area contributed by atoms with E-state index in [1.165, 1.54) is 30.3 Å². The molecule has 168 valence electrons. The Bertz CT molecular complexity index is 1230. The normalized spacial score (nSPS) is 15.0. The van der Waals surface area contributed by atoms with Crippen LogP contribution in [0.15, 0.2) is 70.6 Å². The molecule has 1 aliphatic heterocycles. The van der Waals surface area contributed by atoms with Crippen LogP contribution in [0.25, 0.3) is 11.1 Å². The van der Waals surface area contributed by atoms with Gasteiger partial charge in [0.1, 0.15) is 5.82 Å². The van der Waals surface area contributed by atoms with E-state index in [0.717, 1.165) is 12.3 Å². The Labute approximate surface area is 183 Å². The first-order valence-electron chi connectivity index (χ1n) is 9.77.